The smallest absolute Gasteiger partial charge is 0.335 e. The van der Waals surface area contributed by atoms with Gasteiger partial charge in [-0.25, -0.2) is 9.78 Å². The summed E-state index contributed by atoms with van der Waals surface area (Å²) >= 11 is 5.75. The van der Waals surface area contributed by atoms with Crippen LogP contribution in [0.1, 0.15) is 29.6 Å². The van der Waals surface area contributed by atoms with Crippen molar-refractivity contribution in [1.29, 1.82) is 0 Å². The first-order valence-corrected chi connectivity index (χ1v) is 6.27. The Labute approximate surface area is 110 Å². The highest BCUT2D eigenvalue weighted by molar-refractivity contribution is 6.29. The lowest BCUT2D eigenvalue weighted by Gasteiger charge is -2.15. The minimum absolute atomic E-state index is 0.101. The first-order chi connectivity index (χ1) is 8.56. The van der Waals surface area contributed by atoms with Gasteiger partial charge in [0.25, 0.3) is 0 Å². The molecule has 1 aromatic heterocycles. The number of carboxylic acids is 1. The molecule has 0 bridgehead atoms. The van der Waals surface area contributed by atoms with E-state index in [4.69, 9.17) is 16.7 Å². The Morgan fingerprint density at radius 1 is 1.50 bits per heavy atom. The van der Waals surface area contributed by atoms with Crippen molar-refractivity contribution in [3.8, 4) is 0 Å². The minimum Gasteiger partial charge on any atom is -0.478 e. The van der Waals surface area contributed by atoms with E-state index in [1.54, 1.807) is 0 Å². The number of aliphatic hydroxyl groups excluding tert-OH is 1. The van der Waals surface area contributed by atoms with Gasteiger partial charge in [0, 0.05) is 12.5 Å². The molecule has 2 rings (SSSR count). The first kappa shape index (κ1) is 13.1. The Bertz CT molecular complexity index is 453. The van der Waals surface area contributed by atoms with Gasteiger partial charge in [0.2, 0.25) is 0 Å². The quantitative estimate of drug-likeness (QED) is 0.729. The Kier molecular flexibility index (Phi) is 4.04. The molecule has 1 aliphatic rings. The average Bonchev–Trinajstić information content (AvgIpc) is 2.71. The van der Waals surface area contributed by atoms with Gasteiger partial charge in [-0.2, -0.15) is 0 Å². The molecule has 0 aromatic carbocycles. The highest BCUT2D eigenvalue weighted by atomic mass is 35.5. The molecule has 0 saturated heterocycles. The Morgan fingerprint density at radius 2 is 2.28 bits per heavy atom. The number of aliphatic hydroxyl groups is 1. The number of halogens is 1. The van der Waals surface area contributed by atoms with Gasteiger partial charge in [0.1, 0.15) is 11.0 Å². The lowest BCUT2D eigenvalue weighted by atomic mass is 10.1. The molecule has 0 aliphatic heterocycles. The SMILES string of the molecule is O=C(O)c1cc(Cl)nc(NCC2CCCC2O)c1. The van der Waals surface area contributed by atoms with Crippen molar-refractivity contribution in [2.75, 3.05) is 11.9 Å². The average molecular weight is 271 g/mol. The van der Waals surface area contributed by atoms with Crippen LogP contribution in [0.4, 0.5) is 5.82 Å². The number of carbonyl (C=O) groups is 1. The fraction of sp³-hybridized carbons (Fsp3) is 0.500. The predicted octanol–water partition coefficient (Wildman–Crippen LogP) is 2.01. The summed E-state index contributed by atoms with van der Waals surface area (Å²) in [7, 11) is 0. The van der Waals surface area contributed by atoms with Gasteiger partial charge in [-0.05, 0) is 25.0 Å². The Balaban J connectivity index is 2.02. The molecule has 18 heavy (non-hydrogen) atoms. The monoisotopic (exact) mass is 270 g/mol. The van der Waals surface area contributed by atoms with Gasteiger partial charge < -0.3 is 15.5 Å². The Morgan fingerprint density at radius 3 is 2.89 bits per heavy atom. The van der Waals surface area contributed by atoms with Gasteiger partial charge in [-0.15, -0.1) is 0 Å². The number of nitrogens with zero attached hydrogens (tertiary/aromatic N) is 1. The number of rotatable bonds is 4. The highest BCUT2D eigenvalue weighted by Gasteiger charge is 2.24. The third-order valence-corrected chi connectivity index (χ3v) is 3.40. The van der Waals surface area contributed by atoms with Crippen LogP contribution >= 0.6 is 11.6 Å². The highest BCUT2D eigenvalue weighted by Crippen LogP contribution is 2.26. The topological polar surface area (TPSA) is 82.5 Å². The lowest BCUT2D eigenvalue weighted by molar-refractivity contribution is 0.0696. The maximum atomic E-state index is 10.9. The van der Waals surface area contributed by atoms with Crippen molar-refractivity contribution in [2.24, 2.45) is 5.92 Å². The van der Waals surface area contributed by atoms with Crippen molar-refractivity contribution < 1.29 is 15.0 Å². The molecule has 0 spiro atoms. The van der Waals surface area contributed by atoms with Crippen LogP contribution < -0.4 is 5.32 Å². The van der Waals surface area contributed by atoms with Crippen molar-refractivity contribution in [3.63, 3.8) is 0 Å². The van der Waals surface area contributed by atoms with Crippen LogP contribution in [-0.4, -0.2) is 33.8 Å². The zero-order valence-electron chi connectivity index (χ0n) is 9.77. The molecule has 1 aliphatic carbocycles. The van der Waals surface area contributed by atoms with E-state index >= 15 is 0 Å². The summed E-state index contributed by atoms with van der Waals surface area (Å²) in [4.78, 5) is 14.9. The van der Waals surface area contributed by atoms with Crippen LogP contribution in [0.15, 0.2) is 12.1 Å². The van der Waals surface area contributed by atoms with Gasteiger partial charge in [-0.1, -0.05) is 18.0 Å². The summed E-state index contributed by atoms with van der Waals surface area (Å²) in [5.41, 5.74) is 0.101. The normalized spacial score (nSPS) is 23.0. The van der Waals surface area contributed by atoms with E-state index in [1.165, 1.54) is 12.1 Å². The molecule has 6 heteroatoms. The molecule has 1 aromatic rings. The second kappa shape index (κ2) is 5.54. The number of hydrogen-bond donors (Lipinski definition) is 3. The van der Waals surface area contributed by atoms with E-state index in [0.29, 0.717) is 12.4 Å². The van der Waals surface area contributed by atoms with Crippen molar-refractivity contribution in [2.45, 2.75) is 25.4 Å². The lowest BCUT2D eigenvalue weighted by Crippen LogP contribution is -2.22. The first-order valence-electron chi connectivity index (χ1n) is 5.89. The molecule has 2 unspecified atom stereocenters. The molecule has 1 heterocycles. The molecule has 0 radical (unpaired) electrons. The maximum Gasteiger partial charge on any atom is 0.335 e. The van der Waals surface area contributed by atoms with E-state index in [2.05, 4.69) is 10.3 Å². The molecule has 98 valence electrons. The second-order valence-corrected chi connectivity index (χ2v) is 4.90. The van der Waals surface area contributed by atoms with Gasteiger partial charge in [0.05, 0.1) is 11.7 Å². The molecule has 2 atom stereocenters. The number of aromatic carboxylic acids is 1. The number of pyridine rings is 1. The molecule has 1 saturated carbocycles. The fourth-order valence-electron chi connectivity index (χ4n) is 2.20. The van der Waals surface area contributed by atoms with Gasteiger partial charge in [-0.3, -0.25) is 0 Å². The summed E-state index contributed by atoms with van der Waals surface area (Å²) < 4.78 is 0. The predicted molar refractivity (Wildman–Crippen MR) is 68.0 cm³/mol. The molecule has 5 nitrogen and oxygen atoms in total. The van der Waals surface area contributed by atoms with E-state index in [1.807, 2.05) is 0 Å². The second-order valence-electron chi connectivity index (χ2n) is 4.51. The van der Waals surface area contributed by atoms with E-state index < -0.39 is 5.97 Å². The zero-order chi connectivity index (χ0) is 13.1. The summed E-state index contributed by atoms with van der Waals surface area (Å²) in [5, 5.41) is 21.8. The van der Waals surface area contributed by atoms with Gasteiger partial charge >= 0.3 is 5.97 Å². The standard InChI is InChI=1S/C12H15ClN2O3/c13-10-4-8(12(17)18)5-11(15-10)14-6-7-2-1-3-9(7)16/h4-5,7,9,16H,1-3,6H2,(H,14,15)(H,17,18). The van der Waals surface area contributed by atoms with Crippen molar-refractivity contribution >= 4 is 23.4 Å². The third-order valence-electron chi connectivity index (χ3n) is 3.21. The van der Waals surface area contributed by atoms with Crippen LogP contribution in [0.3, 0.4) is 0 Å². The summed E-state index contributed by atoms with van der Waals surface area (Å²) in [6.07, 6.45) is 2.54. The van der Waals surface area contributed by atoms with Crippen LogP contribution in [0.5, 0.6) is 0 Å². The largest absolute Gasteiger partial charge is 0.478 e. The number of nitrogens with one attached hydrogen (secondary N) is 1. The van der Waals surface area contributed by atoms with Crippen LogP contribution in [0.2, 0.25) is 5.15 Å². The number of hydrogen-bond acceptors (Lipinski definition) is 4. The van der Waals surface area contributed by atoms with E-state index in [0.717, 1.165) is 19.3 Å². The summed E-state index contributed by atoms with van der Waals surface area (Å²) in [6.45, 7) is 0.577. The fourth-order valence-corrected chi connectivity index (χ4v) is 2.41. The molecular formula is C12H15ClN2O3. The van der Waals surface area contributed by atoms with Crippen molar-refractivity contribution in [1.82, 2.24) is 4.98 Å². The minimum atomic E-state index is -1.04. The van der Waals surface area contributed by atoms with Gasteiger partial charge in [0.15, 0.2) is 0 Å². The van der Waals surface area contributed by atoms with E-state index in [-0.39, 0.29) is 22.7 Å². The zero-order valence-corrected chi connectivity index (χ0v) is 10.5. The maximum absolute atomic E-state index is 10.9. The number of aromatic nitrogens is 1. The third kappa shape index (κ3) is 3.11. The number of anilines is 1. The van der Waals surface area contributed by atoms with Crippen LogP contribution in [-0.2, 0) is 0 Å². The van der Waals surface area contributed by atoms with Crippen molar-refractivity contribution in [3.05, 3.63) is 22.8 Å². The molecular weight excluding hydrogens is 256 g/mol. The molecule has 1 fully saturated rings. The Hall–Kier alpha value is -1.33. The van der Waals surface area contributed by atoms with Crippen LogP contribution in [0, 0.1) is 5.92 Å². The van der Waals surface area contributed by atoms with Crippen LogP contribution in [0.25, 0.3) is 0 Å². The summed E-state index contributed by atoms with van der Waals surface area (Å²) in [6, 6.07) is 2.75. The van der Waals surface area contributed by atoms with E-state index in [9.17, 15) is 9.90 Å². The molecule has 0 amide bonds. The number of carboxylic acid groups (broad SMARTS) is 1. The summed E-state index contributed by atoms with van der Waals surface area (Å²) in [5.74, 6) is -0.415. The molecule has 3 N–H and O–H groups in total.